The summed E-state index contributed by atoms with van der Waals surface area (Å²) in [6.45, 7) is -0.259. The van der Waals surface area contributed by atoms with E-state index in [-0.39, 0.29) is 25.8 Å². The molecule has 2 atom stereocenters. The Labute approximate surface area is 166 Å². The molecule has 0 radical (unpaired) electrons. The van der Waals surface area contributed by atoms with Crippen LogP contribution in [0.15, 0.2) is 30.5 Å². The van der Waals surface area contributed by atoms with Crippen molar-refractivity contribution in [1.82, 2.24) is 15.6 Å². The van der Waals surface area contributed by atoms with E-state index in [1.54, 1.807) is 6.20 Å². The van der Waals surface area contributed by atoms with E-state index < -0.39 is 35.7 Å². The molecular weight excluding hydrogens is 378 g/mol. The molecule has 7 N–H and O–H groups in total. The fraction of sp³-hybridized carbons (Fsp3) is 0.316. The average Bonchev–Trinajstić information content (AvgIpc) is 3.10. The molecule has 0 bridgehead atoms. The largest absolute Gasteiger partial charge is 0.480 e. The molecule has 0 aliphatic heterocycles. The number of rotatable bonds is 12. The zero-order valence-electron chi connectivity index (χ0n) is 15.6. The highest BCUT2D eigenvalue weighted by Crippen LogP contribution is 2.19. The second-order valence-corrected chi connectivity index (χ2v) is 6.51. The van der Waals surface area contributed by atoms with Crippen molar-refractivity contribution in [3.05, 3.63) is 36.0 Å². The van der Waals surface area contributed by atoms with Gasteiger partial charge in [0, 0.05) is 23.5 Å². The van der Waals surface area contributed by atoms with Crippen molar-refractivity contribution in [3.63, 3.8) is 0 Å². The number of primary amides is 1. The molecule has 0 saturated carbocycles. The first kappa shape index (κ1) is 21.8. The van der Waals surface area contributed by atoms with Crippen LogP contribution in [0.4, 0.5) is 0 Å². The normalized spacial score (nSPS) is 12.8. The lowest BCUT2D eigenvalue weighted by molar-refractivity contribution is -0.142. The fourth-order valence-electron chi connectivity index (χ4n) is 2.89. The van der Waals surface area contributed by atoms with Gasteiger partial charge in [0.05, 0.1) is 18.8 Å². The predicted molar refractivity (Wildman–Crippen MR) is 106 cm³/mol. The third-order valence-corrected chi connectivity index (χ3v) is 4.39. The minimum absolute atomic E-state index is 0.148. The summed E-state index contributed by atoms with van der Waals surface area (Å²) in [5.41, 5.74) is 6.85. The third kappa shape index (κ3) is 6.25. The van der Waals surface area contributed by atoms with Crippen LogP contribution in [0.25, 0.3) is 10.9 Å². The number of para-hydroxylation sites is 1. The number of H-pyrrole nitrogens is 1. The van der Waals surface area contributed by atoms with E-state index in [0.29, 0.717) is 6.21 Å². The topological polar surface area (TPSA) is 178 Å². The number of carbonyl (C=O) groups excluding carboxylic acids is 3. The number of nitrogens with one attached hydrogen (secondary N) is 4. The van der Waals surface area contributed by atoms with Crippen molar-refractivity contribution in [1.29, 1.82) is 5.41 Å². The summed E-state index contributed by atoms with van der Waals surface area (Å²) in [6, 6.07) is 5.27. The zero-order chi connectivity index (χ0) is 21.4. The van der Waals surface area contributed by atoms with Gasteiger partial charge < -0.3 is 26.6 Å². The molecule has 1 aromatic heterocycles. The molecule has 2 amide bonds. The Morgan fingerprint density at radius 1 is 1.21 bits per heavy atom. The Kier molecular flexibility index (Phi) is 7.61. The summed E-state index contributed by atoms with van der Waals surface area (Å²) >= 11 is 0. The highest BCUT2D eigenvalue weighted by molar-refractivity contribution is 6.26. The smallest absolute Gasteiger partial charge is 0.326 e. The van der Waals surface area contributed by atoms with Crippen LogP contribution in [-0.2, 0) is 25.6 Å². The van der Waals surface area contributed by atoms with Crippen LogP contribution >= 0.6 is 0 Å². The molecule has 0 spiro atoms. The number of nitrogens with two attached hydrogens (primary N) is 1. The van der Waals surface area contributed by atoms with Crippen molar-refractivity contribution in [3.8, 4) is 0 Å². The van der Waals surface area contributed by atoms with Gasteiger partial charge in [0.15, 0.2) is 5.78 Å². The van der Waals surface area contributed by atoms with Gasteiger partial charge in [-0.05, 0) is 24.5 Å². The number of aromatic nitrogens is 1. The first-order chi connectivity index (χ1) is 13.8. The molecule has 29 heavy (non-hydrogen) atoms. The Morgan fingerprint density at radius 3 is 2.59 bits per heavy atom. The first-order valence-electron chi connectivity index (χ1n) is 8.95. The molecule has 0 saturated heterocycles. The van der Waals surface area contributed by atoms with Gasteiger partial charge in [-0.1, -0.05) is 18.2 Å². The maximum absolute atomic E-state index is 12.7. The molecule has 1 aromatic carbocycles. The molecular formula is C19H23N5O5. The number of aromatic amines is 1. The minimum atomic E-state index is -1.30. The van der Waals surface area contributed by atoms with Gasteiger partial charge in [0.25, 0.3) is 0 Å². The van der Waals surface area contributed by atoms with E-state index >= 15 is 0 Å². The van der Waals surface area contributed by atoms with E-state index in [4.69, 9.17) is 11.1 Å². The molecule has 0 aliphatic rings. The number of hydrogen-bond donors (Lipinski definition) is 6. The molecule has 0 fully saturated rings. The lowest BCUT2D eigenvalue weighted by Crippen LogP contribution is -2.52. The van der Waals surface area contributed by atoms with Gasteiger partial charge in [-0.2, -0.15) is 0 Å². The summed E-state index contributed by atoms with van der Waals surface area (Å²) in [4.78, 5) is 49.7. The lowest BCUT2D eigenvalue weighted by atomic mass is 10.0. The number of carboxylic acids is 1. The molecule has 10 heteroatoms. The van der Waals surface area contributed by atoms with E-state index in [1.165, 1.54) is 0 Å². The predicted octanol–water partition coefficient (Wildman–Crippen LogP) is -0.278. The minimum Gasteiger partial charge on any atom is -0.480 e. The highest BCUT2D eigenvalue weighted by atomic mass is 16.4. The number of amides is 2. The fourth-order valence-corrected chi connectivity index (χ4v) is 2.89. The summed E-state index contributed by atoms with van der Waals surface area (Å²) in [5.74, 6) is -3.12. The number of aliphatic carboxylic acids is 1. The summed E-state index contributed by atoms with van der Waals surface area (Å²) in [7, 11) is 0. The second kappa shape index (κ2) is 10.1. The van der Waals surface area contributed by atoms with Crippen LogP contribution in [0.3, 0.4) is 0 Å². The number of hydrogen-bond acceptors (Lipinski definition) is 6. The number of fused-ring (bicyclic) bond motifs is 1. The van der Waals surface area contributed by atoms with Crippen LogP contribution in [-0.4, -0.2) is 58.5 Å². The maximum Gasteiger partial charge on any atom is 0.326 e. The number of ketones is 1. The van der Waals surface area contributed by atoms with Crippen molar-refractivity contribution < 1.29 is 24.3 Å². The molecule has 154 valence electrons. The summed E-state index contributed by atoms with van der Waals surface area (Å²) < 4.78 is 0. The number of benzene rings is 1. The Hall–Kier alpha value is -3.53. The molecule has 2 rings (SSSR count). The number of carboxylic acid groups (broad SMARTS) is 1. The molecule has 10 nitrogen and oxygen atoms in total. The van der Waals surface area contributed by atoms with Crippen LogP contribution < -0.4 is 16.4 Å². The standard InChI is InChI=1S/C19H23N5O5/c20-8-12(25)5-6-15(19(28)29)24-18(27)16(23-10-17(21)26)7-11-9-22-14-4-2-1-3-13(11)14/h1-4,8-9,15-16,20,22-23H,5-7,10H2,(H2,21,26)(H,24,27)(H,28,29)/t15-,16-/m0/s1. The Balaban J connectivity index is 2.15. The SMILES string of the molecule is N=CC(=O)CC[C@H](NC(=O)[C@H](Cc1c[nH]c2ccccc12)NCC(N)=O)C(=O)O. The lowest BCUT2D eigenvalue weighted by Gasteiger charge is -2.21. The monoisotopic (exact) mass is 401 g/mol. The van der Waals surface area contributed by atoms with E-state index in [9.17, 15) is 24.3 Å². The third-order valence-electron chi connectivity index (χ3n) is 4.39. The second-order valence-electron chi connectivity index (χ2n) is 6.51. The van der Waals surface area contributed by atoms with E-state index in [1.807, 2.05) is 24.3 Å². The Bertz CT molecular complexity index is 923. The van der Waals surface area contributed by atoms with Crippen LogP contribution in [0, 0.1) is 5.41 Å². The maximum atomic E-state index is 12.7. The average molecular weight is 401 g/mol. The molecule has 0 unspecified atom stereocenters. The molecule has 1 heterocycles. The van der Waals surface area contributed by atoms with E-state index in [0.717, 1.165) is 16.5 Å². The van der Waals surface area contributed by atoms with Gasteiger partial charge in [-0.25, -0.2) is 4.79 Å². The number of carbonyl (C=O) groups is 4. The van der Waals surface area contributed by atoms with Gasteiger partial charge in [0.2, 0.25) is 11.8 Å². The van der Waals surface area contributed by atoms with Gasteiger partial charge in [-0.15, -0.1) is 0 Å². The molecule has 2 aromatic rings. The van der Waals surface area contributed by atoms with Crippen LogP contribution in [0.1, 0.15) is 18.4 Å². The summed E-state index contributed by atoms with van der Waals surface area (Å²) in [6.07, 6.45) is 2.21. The number of Topliss-reactive ketones (excluding diaryl/α,β-unsaturated/α-hetero) is 1. The van der Waals surface area contributed by atoms with Crippen molar-refractivity contribution >= 4 is 40.7 Å². The first-order valence-corrected chi connectivity index (χ1v) is 8.95. The van der Waals surface area contributed by atoms with Crippen molar-refractivity contribution in [2.75, 3.05) is 6.54 Å². The quantitative estimate of drug-likeness (QED) is 0.266. The van der Waals surface area contributed by atoms with Gasteiger partial charge in [0.1, 0.15) is 6.04 Å². The zero-order valence-corrected chi connectivity index (χ0v) is 15.6. The molecule has 0 aliphatic carbocycles. The van der Waals surface area contributed by atoms with Crippen LogP contribution in [0.5, 0.6) is 0 Å². The van der Waals surface area contributed by atoms with Gasteiger partial charge >= 0.3 is 5.97 Å². The van der Waals surface area contributed by atoms with Crippen LogP contribution in [0.2, 0.25) is 0 Å². The van der Waals surface area contributed by atoms with Gasteiger partial charge in [-0.3, -0.25) is 19.7 Å². The van der Waals surface area contributed by atoms with Crippen molar-refractivity contribution in [2.24, 2.45) is 5.73 Å². The Morgan fingerprint density at radius 2 is 1.93 bits per heavy atom. The van der Waals surface area contributed by atoms with Crippen molar-refractivity contribution in [2.45, 2.75) is 31.3 Å². The van der Waals surface area contributed by atoms with E-state index in [2.05, 4.69) is 15.6 Å². The highest BCUT2D eigenvalue weighted by Gasteiger charge is 2.26. The summed E-state index contributed by atoms with van der Waals surface area (Å²) in [5, 5.41) is 22.2.